The molecule has 0 saturated heterocycles. The topological polar surface area (TPSA) is 4.93 Å². The Morgan fingerprint density at radius 2 is 1.22 bits per heavy atom. The molecule has 0 N–H and O–H groups in total. The van der Waals surface area contributed by atoms with Crippen LogP contribution < -0.4 is 0 Å². The number of aromatic nitrogens is 1. The Morgan fingerprint density at radius 1 is 0.490 bits per heavy atom. The summed E-state index contributed by atoms with van der Waals surface area (Å²) in [6.07, 6.45) is 5.75. The highest BCUT2D eigenvalue weighted by Crippen LogP contribution is 2.48. The molecule has 240 valence electrons. The molecule has 3 aromatic heterocycles. The molecule has 7 aromatic carbocycles. The van der Waals surface area contributed by atoms with Gasteiger partial charge < -0.3 is 4.57 Å². The maximum atomic E-state index is 2.45. The molecule has 0 spiro atoms. The minimum atomic E-state index is 0.366. The Morgan fingerprint density at radius 3 is 2.08 bits per heavy atom. The molecule has 1 unspecified atom stereocenters. The van der Waals surface area contributed by atoms with Crippen LogP contribution in [-0.2, 0) is 0 Å². The highest BCUT2D eigenvalue weighted by Gasteiger charge is 2.25. The van der Waals surface area contributed by atoms with Crippen LogP contribution in [0.15, 0.2) is 164 Å². The third-order valence-electron chi connectivity index (χ3n) is 10.8. The van der Waals surface area contributed by atoms with Gasteiger partial charge in [-0.25, -0.2) is 0 Å². The minimum Gasteiger partial charge on any atom is -0.309 e. The number of para-hydroxylation sites is 1. The number of hydrogen-bond donors (Lipinski definition) is 0. The SMILES string of the molecule is C1=Cc2c(sc3c(-c4ccc(-n5c6ccccc6c6c7sc8ccccc8c7ccc65)cc4)cccc23)C(c2ccc(-c3ccccc3)cc2)C1. The van der Waals surface area contributed by atoms with Gasteiger partial charge in [-0.1, -0.05) is 140 Å². The van der Waals surface area contributed by atoms with Crippen molar-refractivity contribution in [3.63, 3.8) is 0 Å². The average Bonchev–Trinajstić information content (AvgIpc) is 3.88. The number of hydrogen-bond acceptors (Lipinski definition) is 2. The standard InChI is InChI=1S/C48H31NS2/c1-2-10-30(11-3-1)31-20-22-32(23-21-31)35-14-8-16-38-39-17-9-15-36(47(39)51-46(35)38)33-24-26-34(27-25-33)49-42-18-6-4-13-41(42)45-43(49)29-28-40-37-12-5-7-19-44(37)50-48(40)45/h1-13,15-29,35H,14H2. The number of fused-ring (bicyclic) bond motifs is 10. The summed E-state index contributed by atoms with van der Waals surface area (Å²) in [4.78, 5) is 1.47. The number of benzene rings is 7. The second-order valence-corrected chi connectivity index (χ2v) is 15.7. The zero-order valence-corrected chi connectivity index (χ0v) is 29.3. The van der Waals surface area contributed by atoms with Crippen molar-refractivity contribution in [1.82, 2.24) is 4.57 Å². The van der Waals surface area contributed by atoms with Gasteiger partial charge >= 0.3 is 0 Å². The van der Waals surface area contributed by atoms with Gasteiger partial charge in [-0.2, -0.15) is 0 Å². The summed E-state index contributed by atoms with van der Waals surface area (Å²) in [5, 5.41) is 6.69. The fourth-order valence-corrected chi connectivity index (χ4v) is 11.1. The number of rotatable bonds is 4. The predicted octanol–water partition coefficient (Wildman–Crippen LogP) is 14.2. The van der Waals surface area contributed by atoms with E-state index in [4.69, 9.17) is 0 Å². The molecule has 0 radical (unpaired) electrons. The van der Waals surface area contributed by atoms with Crippen molar-refractivity contribution in [1.29, 1.82) is 0 Å². The molecular weight excluding hydrogens is 655 g/mol. The Labute approximate surface area is 304 Å². The lowest BCUT2D eigenvalue weighted by Crippen LogP contribution is -2.02. The van der Waals surface area contributed by atoms with E-state index in [1.165, 1.54) is 96.0 Å². The fraction of sp³-hybridized carbons (Fsp3) is 0.0417. The molecule has 1 aliphatic carbocycles. The molecule has 1 atom stereocenters. The maximum absolute atomic E-state index is 2.45. The molecule has 0 bridgehead atoms. The molecule has 0 amide bonds. The van der Waals surface area contributed by atoms with Crippen LogP contribution in [0.25, 0.3) is 86.1 Å². The predicted molar refractivity (Wildman–Crippen MR) is 222 cm³/mol. The molecule has 11 rings (SSSR count). The first-order chi connectivity index (χ1) is 25.3. The van der Waals surface area contributed by atoms with E-state index in [1.807, 2.05) is 22.7 Å². The van der Waals surface area contributed by atoms with Gasteiger partial charge in [0.1, 0.15) is 0 Å². The van der Waals surface area contributed by atoms with Crippen molar-refractivity contribution in [2.45, 2.75) is 12.3 Å². The van der Waals surface area contributed by atoms with Crippen LogP contribution in [0.2, 0.25) is 0 Å². The van der Waals surface area contributed by atoms with Crippen LogP contribution in [-0.4, -0.2) is 4.57 Å². The molecule has 0 aliphatic heterocycles. The molecule has 0 fully saturated rings. The van der Waals surface area contributed by atoms with E-state index < -0.39 is 0 Å². The number of allylic oxidation sites excluding steroid dienone is 1. The first-order valence-electron chi connectivity index (χ1n) is 17.6. The summed E-state index contributed by atoms with van der Waals surface area (Å²) >= 11 is 3.89. The highest BCUT2D eigenvalue weighted by molar-refractivity contribution is 7.26. The first-order valence-corrected chi connectivity index (χ1v) is 19.2. The van der Waals surface area contributed by atoms with Crippen molar-refractivity contribution >= 4 is 80.8 Å². The van der Waals surface area contributed by atoms with Gasteiger partial charge in [-0.15, -0.1) is 22.7 Å². The smallest absolute Gasteiger partial charge is 0.0555 e. The zero-order valence-electron chi connectivity index (χ0n) is 27.7. The summed E-state index contributed by atoms with van der Waals surface area (Å²) in [6, 6.07) is 58.3. The molecular formula is C48H31NS2. The lowest BCUT2D eigenvalue weighted by Gasteiger charge is -2.19. The molecule has 3 heteroatoms. The fourth-order valence-electron chi connectivity index (χ4n) is 8.37. The summed E-state index contributed by atoms with van der Waals surface area (Å²) in [7, 11) is 0. The summed E-state index contributed by atoms with van der Waals surface area (Å²) in [5.74, 6) is 0.366. The van der Waals surface area contributed by atoms with Gasteiger partial charge in [-0.05, 0) is 70.1 Å². The summed E-state index contributed by atoms with van der Waals surface area (Å²) < 4.78 is 6.53. The highest BCUT2D eigenvalue weighted by atomic mass is 32.1. The Balaban J connectivity index is 1.00. The van der Waals surface area contributed by atoms with Crippen molar-refractivity contribution in [3.05, 3.63) is 180 Å². The minimum absolute atomic E-state index is 0.366. The number of thiophene rings is 2. The van der Waals surface area contributed by atoms with Crippen molar-refractivity contribution < 1.29 is 0 Å². The molecule has 1 nitrogen and oxygen atoms in total. The van der Waals surface area contributed by atoms with Crippen LogP contribution >= 0.6 is 22.7 Å². The second-order valence-electron chi connectivity index (χ2n) is 13.6. The maximum Gasteiger partial charge on any atom is 0.0555 e. The van der Waals surface area contributed by atoms with Gasteiger partial charge in [0, 0.05) is 57.5 Å². The van der Waals surface area contributed by atoms with Crippen molar-refractivity contribution in [3.8, 4) is 27.9 Å². The second kappa shape index (κ2) is 11.4. The lowest BCUT2D eigenvalue weighted by atomic mass is 9.86. The monoisotopic (exact) mass is 685 g/mol. The average molecular weight is 686 g/mol. The van der Waals surface area contributed by atoms with E-state index >= 15 is 0 Å². The van der Waals surface area contributed by atoms with E-state index in [9.17, 15) is 0 Å². The third kappa shape index (κ3) is 4.45. The Kier molecular flexibility index (Phi) is 6.49. The third-order valence-corrected chi connectivity index (χ3v) is 13.4. The molecule has 51 heavy (non-hydrogen) atoms. The molecule has 10 aromatic rings. The summed E-state index contributed by atoms with van der Waals surface area (Å²) in [5.41, 5.74) is 11.5. The van der Waals surface area contributed by atoms with E-state index in [2.05, 4.69) is 174 Å². The Hall–Kier alpha value is -5.74. The van der Waals surface area contributed by atoms with Crippen LogP contribution in [0, 0.1) is 0 Å². The van der Waals surface area contributed by atoms with E-state index in [0.717, 1.165) is 6.42 Å². The summed E-state index contributed by atoms with van der Waals surface area (Å²) in [6.45, 7) is 0. The van der Waals surface area contributed by atoms with Gasteiger partial charge in [-0.3, -0.25) is 0 Å². The normalized spacial score (nSPS) is 14.3. The zero-order chi connectivity index (χ0) is 33.5. The van der Waals surface area contributed by atoms with Crippen molar-refractivity contribution in [2.24, 2.45) is 0 Å². The first kappa shape index (κ1) is 29.0. The van der Waals surface area contributed by atoms with Crippen LogP contribution in [0.4, 0.5) is 0 Å². The van der Waals surface area contributed by atoms with Crippen LogP contribution in [0.1, 0.15) is 28.3 Å². The van der Waals surface area contributed by atoms with Gasteiger partial charge in [0.2, 0.25) is 0 Å². The molecule has 3 heterocycles. The quantitative estimate of drug-likeness (QED) is 0.174. The van der Waals surface area contributed by atoms with Crippen LogP contribution in [0.3, 0.4) is 0 Å². The van der Waals surface area contributed by atoms with Gasteiger partial charge in [0.25, 0.3) is 0 Å². The van der Waals surface area contributed by atoms with E-state index in [-0.39, 0.29) is 0 Å². The van der Waals surface area contributed by atoms with E-state index in [1.54, 1.807) is 0 Å². The lowest BCUT2D eigenvalue weighted by molar-refractivity contribution is 0.840. The van der Waals surface area contributed by atoms with Crippen molar-refractivity contribution in [2.75, 3.05) is 0 Å². The largest absolute Gasteiger partial charge is 0.309 e. The number of nitrogens with zero attached hydrogens (tertiary/aromatic N) is 1. The molecule has 0 saturated carbocycles. The Bertz CT molecular complexity index is 2970. The molecule has 1 aliphatic rings. The van der Waals surface area contributed by atoms with E-state index in [0.29, 0.717) is 5.92 Å². The van der Waals surface area contributed by atoms with Gasteiger partial charge in [0.15, 0.2) is 0 Å². The van der Waals surface area contributed by atoms with Gasteiger partial charge in [0.05, 0.1) is 11.0 Å². The van der Waals surface area contributed by atoms with Crippen LogP contribution in [0.5, 0.6) is 0 Å².